The summed E-state index contributed by atoms with van der Waals surface area (Å²) in [6, 6.07) is 22.7. The van der Waals surface area contributed by atoms with E-state index in [-0.39, 0.29) is 0 Å². The van der Waals surface area contributed by atoms with E-state index in [2.05, 4.69) is 60.1 Å². The number of methoxy groups -OCH3 is 1. The van der Waals surface area contributed by atoms with E-state index in [9.17, 15) is 0 Å². The van der Waals surface area contributed by atoms with Crippen LogP contribution in [0.1, 0.15) is 0 Å². The second-order valence-corrected chi connectivity index (χ2v) is 6.28. The van der Waals surface area contributed by atoms with E-state index in [1.54, 1.807) is 7.11 Å². The van der Waals surface area contributed by atoms with Gasteiger partial charge in [0, 0.05) is 22.0 Å². The Kier molecular flexibility index (Phi) is 3.62. The number of benzene rings is 3. The lowest BCUT2D eigenvalue weighted by Gasteiger charge is -2.11. The van der Waals surface area contributed by atoms with E-state index >= 15 is 0 Å². The summed E-state index contributed by atoms with van der Waals surface area (Å²) in [6.07, 6.45) is 0. The Hall–Kier alpha value is -2.58. The number of para-hydroxylation sites is 1. The van der Waals surface area contributed by atoms with Crippen molar-refractivity contribution in [1.82, 2.24) is 0 Å². The van der Waals surface area contributed by atoms with Crippen molar-refractivity contribution in [2.45, 2.75) is 0 Å². The van der Waals surface area contributed by atoms with Gasteiger partial charge >= 0.3 is 0 Å². The van der Waals surface area contributed by atoms with Crippen molar-refractivity contribution in [1.29, 1.82) is 0 Å². The highest BCUT2D eigenvalue weighted by Gasteiger charge is 2.20. The van der Waals surface area contributed by atoms with Gasteiger partial charge in [0.15, 0.2) is 0 Å². The maximum absolute atomic E-state index is 6.07. The highest BCUT2D eigenvalue weighted by molar-refractivity contribution is 6.30. The minimum Gasteiger partial charge on any atom is -0.497 e. The first-order valence-corrected chi connectivity index (χ1v) is 8.21. The Morgan fingerprint density at radius 3 is 2.33 bits per heavy atom. The van der Waals surface area contributed by atoms with Gasteiger partial charge in [-0.2, -0.15) is 4.57 Å². The maximum atomic E-state index is 6.07. The first-order valence-electron chi connectivity index (χ1n) is 7.83. The summed E-state index contributed by atoms with van der Waals surface area (Å²) in [5.41, 5.74) is 3.48. The molecule has 0 atom stereocenters. The van der Waals surface area contributed by atoms with Crippen LogP contribution in [0.5, 0.6) is 5.75 Å². The minimum atomic E-state index is 0.740. The summed E-state index contributed by atoms with van der Waals surface area (Å²) in [4.78, 5) is 0. The molecule has 0 saturated heterocycles. The Balaban J connectivity index is 2.19. The molecule has 1 heterocycles. The zero-order valence-electron chi connectivity index (χ0n) is 13.6. The summed E-state index contributed by atoms with van der Waals surface area (Å²) < 4.78 is 7.69. The molecule has 0 unspecified atom stereocenters. The summed E-state index contributed by atoms with van der Waals surface area (Å²) >= 11 is 6.07. The summed E-state index contributed by atoms with van der Waals surface area (Å²) in [7, 11) is 3.80. The van der Waals surface area contributed by atoms with Crippen molar-refractivity contribution in [3.05, 3.63) is 71.8 Å². The standard InChI is InChI=1S/C21H17ClNO/c1-23-20-6-4-3-5-18(20)17-12-11-16(24-2)13-19(17)21(23)14-7-9-15(22)10-8-14/h3-13H,1-2H3/q+1. The molecule has 4 rings (SSSR count). The molecule has 2 nitrogen and oxygen atoms in total. The van der Waals surface area contributed by atoms with Gasteiger partial charge in [0.2, 0.25) is 11.2 Å². The van der Waals surface area contributed by atoms with Gasteiger partial charge in [-0.25, -0.2) is 0 Å². The van der Waals surface area contributed by atoms with Crippen LogP contribution in [0.25, 0.3) is 32.9 Å². The van der Waals surface area contributed by atoms with Crippen LogP contribution in [0.3, 0.4) is 0 Å². The monoisotopic (exact) mass is 334 g/mol. The molecule has 0 aliphatic rings. The number of rotatable bonds is 2. The van der Waals surface area contributed by atoms with Crippen molar-refractivity contribution in [2.75, 3.05) is 7.11 Å². The molecule has 0 spiro atoms. The first-order chi connectivity index (χ1) is 11.7. The van der Waals surface area contributed by atoms with Gasteiger partial charge in [-0.1, -0.05) is 23.7 Å². The number of pyridine rings is 1. The van der Waals surface area contributed by atoms with Gasteiger partial charge in [0.25, 0.3) is 0 Å². The number of fused-ring (bicyclic) bond motifs is 3. The third kappa shape index (κ3) is 2.31. The Labute approximate surface area is 145 Å². The molecular weight excluding hydrogens is 318 g/mol. The number of halogens is 1. The van der Waals surface area contributed by atoms with Gasteiger partial charge in [-0.15, -0.1) is 0 Å². The average Bonchev–Trinajstić information content (AvgIpc) is 2.63. The zero-order chi connectivity index (χ0) is 16.7. The molecule has 0 bridgehead atoms. The Morgan fingerprint density at radius 1 is 0.833 bits per heavy atom. The molecule has 1 aromatic heterocycles. The lowest BCUT2D eigenvalue weighted by Crippen LogP contribution is -2.32. The first kappa shape index (κ1) is 15.0. The SMILES string of the molecule is COc1ccc2c(c1)c(-c1ccc(Cl)cc1)[n+](C)c1ccccc21. The molecule has 0 fully saturated rings. The van der Waals surface area contributed by atoms with E-state index in [0.29, 0.717) is 0 Å². The number of aromatic nitrogens is 1. The quantitative estimate of drug-likeness (QED) is 0.365. The van der Waals surface area contributed by atoms with Crippen molar-refractivity contribution in [3.8, 4) is 17.0 Å². The number of hydrogen-bond acceptors (Lipinski definition) is 1. The van der Waals surface area contributed by atoms with E-state index < -0.39 is 0 Å². The van der Waals surface area contributed by atoms with Crippen LogP contribution in [-0.2, 0) is 7.05 Å². The second kappa shape index (κ2) is 5.81. The van der Waals surface area contributed by atoms with Crippen LogP contribution in [-0.4, -0.2) is 7.11 Å². The molecule has 0 radical (unpaired) electrons. The smallest absolute Gasteiger partial charge is 0.220 e. The van der Waals surface area contributed by atoms with Gasteiger partial charge in [-0.05, 0) is 48.5 Å². The number of nitrogens with zero attached hydrogens (tertiary/aromatic N) is 1. The molecular formula is C21H17ClNO+. The van der Waals surface area contributed by atoms with Crippen LogP contribution in [0, 0.1) is 0 Å². The van der Waals surface area contributed by atoms with E-state index in [0.717, 1.165) is 27.4 Å². The number of aryl methyl sites for hydroxylation is 1. The molecule has 0 aliphatic carbocycles. The predicted octanol–water partition coefficient (Wildman–Crippen LogP) is 5.15. The maximum Gasteiger partial charge on any atom is 0.220 e. The molecule has 4 aromatic rings. The summed E-state index contributed by atoms with van der Waals surface area (Å²) in [6.45, 7) is 0. The zero-order valence-corrected chi connectivity index (χ0v) is 14.3. The minimum absolute atomic E-state index is 0.740. The fraction of sp³-hybridized carbons (Fsp3) is 0.0952. The van der Waals surface area contributed by atoms with Crippen LogP contribution < -0.4 is 9.30 Å². The molecule has 0 amide bonds. The lowest BCUT2D eigenvalue weighted by molar-refractivity contribution is -0.632. The van der Waals surface area contributed by atoms with Crippen molar-refractivity contribution >= 4 is 33.3 Å². The summed E-state index contributed by atoms with van der Waals surface area (Å²) in [5.74, 6) is 0.855. The highest BCUT2D eigenvalue weighted by atomic mass is 35.5. The van der Waals surface area contributed by atoms with Crippen molar-refractivity contribution in [2.24, 2.45) is 7.05 Å². The number of ether oxygens (including phenoxy) is 1. The van der Waals surface area contributed by atoms with Crippen LogP contribution in [0.4, 0.5) is 0 Å². The molecule has 24 heavy (non-hydrogen) atoms. The predicted molar refractivity (Wildman–Crippen MR) is 99.6 cm³/mol. The fourth-order valence-corrected chi connectivity index (χ4v) is 3.46. The number of hydrogen-bond donors (Lipinski definition) is 0. The molecule has 0 saturated carbocycles. The highest BCUT2D eigenvalue weighted by Crippen LogP contribution is 2.33. The second-order valence-electron chi connectivity index (χ2n) is 5.84. The van der Waals surface area contributed by atoms with Crippen molar-refractivity contribution < 1.29 is 9.30 Å². The molecule has 3 heteroatoms. The third-order valence-electron chi connectivity index (χ3n) is 4.49. The fourth-order valence-electron chi connectivity index (χ4n) is 3.33. The van der Waals surface area contributed by atoms with Gasteiger partial charge in [-0.3, -0.25) is 0 Å². The van der Waals surface area contributed by atoms with Gasteiger partial charge < -0.3 is 4.74 Å². The topological polar surface area (TPSA) is 13.1 Å². The van der Waals surface area contributed by atoms with Gasteiger partial charge in [0.1, 0.15) is 12.8 Å². The summed E-state index contributed by atoms with van der Waals surface area (Å²) in [5, 5.41) is 4.35. The van der Waals surface area contributed by atoms with Crippen LogP contribution >= 0.6 is 11.6 Å². The van der Waals surface area contributed by atoms with Crippen LogP contribution in [0.2, 0.25) is 5.02 Å². The molecule has 3 aromatic carbocycles. The Bertz CT molecular complexity index is 1050. The lowest BCUT2D eigenvalue weighted by atomic mass is 9.99. The normalized spacial score (nSPS) is 11.1. The van der Waals surface area contributed by atoms with Crippen molar-refractivity contribution in [3.63, 3.8) is 0 Å². The molecule has 118 valence electrons. The molecule has 0 N–H and O–H groups in total. The Morgan fingerprint density at radius 2 is 1.58 bits per heavy atom. The van der Waals surface area contributed by atoms with E-state index in [1.807, 2.05) is 18.2 Å². The van der Waals surface area contributed by atoms with E-state index in [4.69, 9.17) is 16.3 Å². The molecule has 0 aliphatic heterocycles. The largest absolute Gasteiger partial charge is 0.497 e. The van der Waals surface area contributed by atoms with Gasteiger partial charge in [0.05, 0.1) is 17.9 Å². The third-order valence-corrected chi connectivity index (χ3v) is 4.74. The van der Waals surface area contributed by atoms with Crippen LogP contribution in [0.15, 0.2) is 66.7 Å². The average molecular weight is 335 g/mol. The van der Waals surface area contributed by atoms with E-state index in [1.165, 1.54) is 16.3 Å².